The predicted octanol–water partition coefficient (Wildman–Crippen LogP) is 5.17. The second kappa shape index (κ2) is 7.73. The molecule has 28 heavy (non-hydrogen) atoms. The molecule has 0 spiro atoms. The number of thioether (sulfide) groups is 1. The van der Waals surface area contributed by atoms with Crippen LogP contribution in [0.2, 0.25) is 0 Å². The number of benzene rings is 2. The zero-order valence-electron chi connectivity index (χ0n) is 15.5. The molecule has 0 bridgehead atoms. The van der Waals surface area contributed by atoms with Gasteiger partial charge in [0.25, 0.3) is 11.6 Å². The van der Waals surface area contributed by atoms with Crippen molar-refractivity contribution in [2.24, 2.45) is 0 Å². The molecule has 1 amide bonds. The Bertz CT molecular complexity index is 992. The van der Waals surface area contributed by atoms with Gasteiger partial charge in [-0.25, -0.2) is 0 Å². The number of non-ortho nitro benzene ring substituents is 1. The Kier molecular flexibility index (Phi) is 5.53. The number of nitrogens with one attached hydrogen (secondary N) is 1. The maximum atomic E-state index is 11.9. The Labute approximate surface area is 172 Å². The summed E-state index contributed by atoms with van der Waals surface area (Å²) in [5.41, 5.74) is 1.52. The van der Waals surface area contributed by atoms with E-state index in [9.17, 15) is 14.9 Å². The van der Waals surface area contributed by atoms with Crippen LogP contribution in [0.1, 0.15) is 31.9 Å². The van der Waals surface area contributed by atoms with Gasteiger partial charge in [0.05, 0.1) is 9.83 Å². The molecular weight excluding hydrogens is 396 g/mol. The molecule has 2 aromatic rings. The number of hydrogen-bond acceptors (Lipinski definition) is 6. The second-order valence-corrected chi connectivity index (χ2v) is 8.93. The lowest BCUT2D eigenvalue weighted by Crippen LogP contribution is -2.17. The lowest BCUT2D eigenvalue weighted by atomic mass is 9.87. The lowest BCUT2D eigenvalue weighted by Gasteiger charge is -2.19. The average molecular weight is 415 g/mol. The summed E-state index contributed by atoms with van der Waals surface area (Å²) in [5.74, 6) is 0.676. The average Bonchev–Trinajstić information content (AvgIpc) is 2.93. The zero-order valence-corrected chi connectivity index (χ0v) is 17.1. The minimum absolute atomic E-state index is 0.0208. The van der Waals surface area contributed by atoms with Gasteiger partial charge in [-0.3, -0.25) is 14.9 Å². The number of nitrogens with zero attached hydrogens (tertiary/aromatic N) is 1. The summed E-state index contributed by atoms with van der Waals surface area (Å²) in [7, 11) is 0. The number of hydrogen-bond donors (Lipinski definition) is 1. The van der Waals surface area contributed by atoms with Gasteiger partial charge >= 0.3 is 0 Å². The van der Waals surface area contributed by atoms with E-state index in [0.29, 0.717) is 26.3 Å². The molecule has 1 saturated heterocycles. The van der Waals surface area contributed by atoms with Gasteiger partial charge in [0.15, 0.2) is 0 Å². The number of carbonyl (C=O) groups is 1. The molecule has 1 fully saturated rings. The first-order valence-corrected chi connectivity index (χ1v) is 9.67. The van der Waals surface area contributed by atoms with Crippen LogP contribution in [0.4, 0.5) is 5.69 Å². The Morgan fingerprint density at radius 3 is 2.39 bits per heavy atom. The van der Waals surface area contributed by atoms with Crippen molar-refractivity contribution in [1.29, 1.82) is 0 Å². The largest absolute Gasteiger partial charge is 0.457 e. The topological polar surface area (TPSA) is 81.5 Å². The Balaban J connectivity index is 1.96. The molecule has 0 aliphatic carbocycles. The molecule has 8 heteroatoms. The van der Waals surface area contributed by atoms with Crippen molar-refractivity contribution in [2.45, 2.75) is 26.2 Å². The zero-order chi connectivity index (χ0) is 20.5. The van der Waals surface area contributed by atoms with Crippen molar-refractivity contribution >= 4 is 46.0 Å². The van der Waals surface area contributed by atoms with Crippen LogP contribution >= 0.6 is 24.0 Å². The Morgan fingerprint density at radius 1 is 1.18 bits per heavy atom. The summed E-state index contributed by atoms with van der Waals surface area (Å²) in [6.45, 7) is 6.37. The number of ether oxygens (including phenoxy) is 1. The van der Waals surface area contributed by atoms with Gasteiger partial charge in [-0.15, -0.1) is 0 Å². The van der Waals surface area contributed by atoms with Gasteiger partial charge < -0.3 is 10.1 Å². The quantitative estimate of drug-likeness (QED) is 0.322. The summed E-state index contributed by atoms with van der Waals surface area (Å²) >= 11 is 6.10. The molecule has 1 heterocycles. The third-order valence-electron chi connectivity index (χ3n) is 4.08. The van der Waals surface area contributed by atoms with Crippen molar-refractivity contribution in [3.05, 3.63) is 68.6 Å². The Morgan fingerprint density at radius 2 is 1.86 bits per heavy atom. The second-order valence-electron chi connectivity index (χ2n) is 7.21. The number of amides is 1. The highest BCUT2D eigenvalue weighted by molar-refractivity contribution is 8.26. The highest BCUT2D eigenvalue weighted by atomic mass is 32.2. The highest BCUT2D eigenvalue weighted by Gasteiger charge is 2.23. The molecule has 0 unspecified atom stereocenters. The molecule has 0 aromatic heterocycles. The van der Waals surface area contributed by atoms with Gasteiger partial charge in [0.1, 0.15) is 15.8 Å². The third-order valence-corrected chi connectivity index (χ3v) is 5.24. The van der Waals surface area contributed by atoms with Crippen molar-refractivity contribution in [3.63, 3.8) is 0 Å². The summed E-state index contributed by atoms with van der Waals surface area (Å²) in [5, 5.41) is 13.7. The van der Waals surface area contributed by atoms with E-state index in [2.05, 4.69) is 26.1 Å². The first-order chi connectivity index (χ1) is 13.1. The van der Waals surface area contributed by atoms with Gasteiger partial charge in [0, 0.05) is 17.7 Å². The first-order valence-electron chi connectivity index (χ1n) is 8.45. The van der Waals surface area contributed by atoms with Crippen molar-refractivity contribution in [1.82, 2.24) is 5.32 Å². The van der Waals surface area contributed by atoms with Crippen molar-refractivity contribution < 1.29 is 14.5 Å². The molecule has 1 aliphatic rings. The number of nitro groups is 1. The third kappa shape index (κ3) is 4.58. The Hall–Kier alpha value is -2.71. The first kappa shape index (κ1) is 20.0. The summed E-state index contributed by atoms with van der Waals surface area (Å²) in [4.78, 5) is 23.0. The van der Waals surface area contributed by atoms with E-state index in [-0.39, 0.29) is 17.0 Å². The van der Waals surface area contributed by atoms with E-state index in [1.54, 1.807) is 6.08 Å². The molecule has 1 aliphatic heterocycles. The van der Waals surface area contributed by atoms with E-state index in [4.69, 9.17) is 17.0 Å². The number of thiocarbonyl (C=S) groups is 1. The van der Waals surface area contributed by atoms with E-state index >= 15 is 0 Å². The summed E-state index contributed by atoms with van der Waals surface area (Å²) in [6.07, 6.45) is 1.55. The molecule has 1 N–H and O–H groups in total. The van der Waals surface area contributed by atoms with Crippen molar-refractivity contribution in [3.8, 4) is 11.5 Å². The highest BCUT2D eigenvalue weighted by Crippen LogP contribution is 2.34. The van der Waals surface area contributed by atoms with E-state index in [1.807, 2.05) is 24.3 Å². The van der Waals surface area contributed by atoms with Gasteiger partial charge in [0.2, 0.25) is 0 Å². The molecule has 0 radical (unpaired) electrons. The van der Waals surface area contributed by atoms with Crippen LogP contribution in [0.15, 0.2) is 47.4 Å². The fraction of sp³-hybridized carbons (Fsp3) is 0.200. The van der Waals surface area contributed by atoms with Crippen LogP contribution in [0, 0.1) is 10.1 Å². The molecular formula is C20H18N2O4S2. The smallest absolute Gasteiger partial charge is 0.270 e. The number of rotatable bonds is 4. The SMILES string of the molecule is CC(C)(C)c1ccc(Oc2ccc([N+](=O)[O-])cc2/C=C2\SC(=S)NC2=O)cc1. The van der Waals surface area contributed by atoms with Crippen molar-refractivity contribution in [2.75, 3.05) is 0 Å². The van der Waals surface area contributed by atoms with Crippen LogP contribution in [0.5, 0.6) is 11.5 Å². The van der Waals surface area contributed by atoms with E-state index in [0.717, 1.165) is 11.8 Å². The minimum Gasteiger partial charge on any atom is -0.457 e. The number of carbonyl (C=O) groups excluding carboxylic acids is 1. The maximum Gasteiger partial charge on any atom is 0.270 e. The fourth-order valence-electron chi connectivity index (χ4n) is 2.57. The predicted molar refractivity (Wildman–Crippen MR) is 115 cm³/mol. The molecule has 0 saturated carbocycles. The molecule has 144 valence electrons. The normalized spacial score (nSPS) is 15.6. The molecule has 6 nitrogen and oxygen atoms in total. The molecule has 3 rings (SSSR count). The van der Waals surface area contributed by atoms with Gasteiger partial charge in [-0.05, 0) is 35.3 Å². The maximum absolute atomic E-state index is 11.9. The van der Waals surface area contributed by atoms with Gasteiger partial charge in [-0.1, -0.05) is 56.9 Å². The van der Waals surface area contributed by atoms with Gasteiger partial charge in [-0.2, -0.15) is 0 Å². The van der Waals surface area contributed by atoms with E-state index in [1.165, 1.54) is 23.8 Å². The minimum atomic E-state index is -0.490. The lowest BCUT2D eigenvalue weighted by molar-refractivity contribution is -0.384. The van der Waals surface area contributed by atoms with Crippen LogP contribution in [-0.4, -0.2) is 15.2 Å². The van der Waals surface area contributed by atoms with Crippen LogP contribution in [-0.2, 0) is 10.2 Å². The van der Waals surface area contributed by atoms with E-state index < -0.39 is 4.92 Å². The standard InChI is InChI=1S/C20H18N2O4S2/c1-20(2,3)13-4-7-15(8-5-13)26-16-9-6-14(22(24)25)10-12(16)11-17-18(23)21-19(27)28-17/h4-11H,1-3H3,(H,21,23,27)/b17-11-. The summed E-state index contributed by atoms with van der Waals surface area (Å²) < 4.78 is 6.29. The van der Waals surface area contributed by atoms with Crippen LogP contribution < -0.4 is 10.1 Å². The molecule has 2 aromatic carbocycles. The monoisotopic (exact) mass is 414 g/mol. The fourth-order valence-corrected chi connectivity index (χ4v) is 3.60. The van der Waals surface area contributed by atoms with Crippen LogP contribution in [0.25, 0.3) is 6.08 Å². The molecule has 0 atom stereocenters. The summed E-state index contributed by atoms with van der Waals surface area (Å²) in [6, 6.07) is 11.9. The van der Waals surface area contributed by atoms with Crippen LogP contribution in [0.3, 0.4) is 0 Å². The number of nitro benzene ring substituents is 1.